The highest BCUT2D eigenvalue weighted by Gasteiger charge is 2.03. The molecule has 0 aliphatic rings. The molecule has 0 heterocycles. The Balaban J connectivity index is 2.53. The Kier molecular flexibility index (Phi) is 4.12. The summed E-state index contributed by atoms with van der Waals surface area (Å²) in [6.07, 6.45) is 0.854. The molecular weight excluding hydrogens is 194 g/mol. The molecule has 4 heteroatoms. The van der Waals surface area contributed by atoms with Crippen molar-refractivity contribution in [3.63, 3.8) is 0 Å². The highest BCUT2D eigenvalue weighted by Crippen LogP contribution is 2.12. The highest BCUT2D eigenvalue weighted by molar-refractivity contribution is 5.87. The molecule has 0 aromatic heterocycles. The fourth-order valence-corrected chi connectivity index (χ4v) is 1.01. The molecule has 1 aromatic rings. The summed E-state index contributed by atoms with van der Waals surface area (Å²) in [5.41, 5.74) is 5.93. The Morgan fingerprint density at radius 1 is 1.47 bits per heavy atom. The maximum Gasteiger partial charge on any atom is 0.335 e. The van der Waals surface area contributed by atoms with Crippen molar-refractivity contribution in [3.05, 3.63) is 29.8 Å². The first-order valence-electron chi connectivity index (χ1n) is 4.85. The van der Waals surface area contributed by atoms with Crippen molar-refractivity contribution < 1.29 is 14.6 Å². The summed E-state index contributed by atoms with van der Waals surface area (Å²) >= 11 is 0. The Morgan fingerprint density at radius 3 is 2.53 bits per heavy atom. The number of carbonyl (C=O) groups is 1. The number of ether oxygens (including phenoxy) is 1. The van der Waals surface area contributed by atoms with Crippen molar-refractivity contribution in [2.45, 2.75) is 19.4 Å². The van der Waals surface area contributed by atoms with Gasteiger partial charge in [0.1, 0.15) is 12.4 Å². The van der Waals surface area contributed by atoms with Crippen LogP contribution in [0.15, 0.2) is 24.3 Å². The average molecular weight is 209 g/mol. The van der Waals surface area contributed by atoms with E-state index in [4.69, 9.17) is 15.6 Å². The van der Waals surface area contributed by atoms with Crippen molar-refractivity contribution in [1.82, 2.24) is 0 Å². The minimum Gasteiger partial charge on any atom is -0.492 e. The average Bonchev–Trinajstić information content (AvgIpc) is 2.26. The van der Waals surface area contributed by atoms with Gasteiger partial charge in [0, 0.05) is 6.04 Å². The number of hydrogen-bond donors (Lipinski definition) is 2. The van der Waals surface area contributed by atoms with Gasteiger partial charge in [-0.1, -0.05) is 6.92 Å². The molecule has 3 N–H and O–H groups in total. The molecule has 0 fully saturated rings. The van der Waals surface area contributed by atoms with Crippen molar-refractivity contribution >= 4 is 5.97 Å². The van der Waals surface area contributed by atoms with E-state index in [9.17, 15) is 4.79 Å². The summed E-state index contributed by atoms with van der Waals surface area (Å²) in [6.45, 7) is 2.43. The fourth-order valence-electron chi connectivity index (χ4n) is 1.01. The summed E-state index contributed by atoms with van der Waals surface area (Å²) in [4.78, 5) is 10.6. The number of rotatable bonds is 5. The van der Waals surface area contributed by atoms with Gasteiger partial charge in [0.25, 0.3) is 0 Å². The number of hydrogen-bond acceptors (Lipinski definition) is 3. The summed E-state index contributed by atoms with van der Waals surface area (Å²) in [6, 6.07) is 6.30. The third-order valence-electron chi connectivity index (χ3n) is 2.09. The molecule has 0 saturated heterocycles. The number of nitrogens with two attached hydrogens (primary N) is 1. The molecule has 0 radical (unpaired) electrons. The maximum absolute atomic E-state index is 10.6. The molecule has 1 aromatic carbocycles. The first kappa shape index (κ1) is 11.5. The van der Waals surface area contributed by atoms with Crippen LogP contribution in [0.4, 0.5) is 0 Å². The van der Waals surface area contributed by atoms with Crippen LogP contribution in [0.3, 0.4) is 0 Å². The fraction of sp³-hybridized carbons (Fsp3) is 0.364. The number of carboxylic acid groups (broad SMARTS) is 1. The van der Waals surface area contributed by atoms with Crippen molar-refractivity contribution in [3.8, 4) is 5.75 Å². The van der Waals surface area contributed by atoms with Crippen LogP contribution in [0, 0.1) is 0 Å². The van der Waals surface area contributed by atoms with Crippen LogP contribution in [0.1, 0.15) is 23.7 Å². The van der Waals surface area contributed by atoms with Gasteiger partial charge >= 0.3 is 5.97 Å². The van der Waals surface area contributed by atoms with E-state index >= 15 is 0 Å². The second kappa shape index (κ2) is 5.36. The van der Waals surface area contributed by atoms with Crippen LogP contribution >= 0.6 is 0 Å². The minimum absolute atomic E-state index is 0.0177. The van der Waals surface area contributed by atoms with E-state index in [0.29, 0.717) is 12.4 Å². The summed E-state index contributed by atoms with van der Waals surface area (Å²) in [7, 11) is 0. The van der Waals surface area contributed by atoms with Crippen LogP contribution in [0.25, 0.3) is 0 Å². The third kappa shape index (κ3) is 3.59. The standard InChI is InChI=1S/C11H15NO3/c1-2-9(12)7-15-10-5-3-8(4-6-10)11(13)14/h3-6,9H,2,7,12H2,1H3,(H,13,14). The van der Waals surface area contributed by atoms with Crippen LogP contribution in [0.2, 0.25) is 0 Å². The number of carboxylic acids is 1. The Bertz CT molecular complexity index is 321. The van der Waals surface area contributed by atoms with Crippen LogP contribution in [-0.4, -0.2) is 23.7 Å². The number of benzene rings is 1. The van der Waals surface area contributed by atoms with Gasteiger partial charge in [0.2, 0.25) is 0 Å². The first-order chi connectivity index (χ1) is 7.13. The molecule has 0 aliphatic carbocycles. The minimum atomic E-state index is -0.938. The normalized spacial score (nSPS) is 12.1. The highest BCUT2D eigenvalue weighted by atomic mass is 16.5. The topological polar surface area (TPSA) is 72.5 Å². The number of aromatic carboxylic acids is 1. The quantitative estimate of drug-likeness (QED) is 0.770. The molecule has 0 aliphatic heterocycles. The van der Waals surface area contributed by atoms with E-state index in [2.05, 4.69) is 0 Å². The molecule has 15 heavy (non-hydrogen) atoms. The Hall–Kier alpha value is -1.55. The Labute approximate surface area is 88.7 Å². The van der Waals surface area contributed by atoms with E-state index in [1.165, 1.54) is 12.1 Å². The Morgan fingerprint density at radius 2 is 2.07 bits per heavy atom. The third-order valence-corrected chi connectivity index (χ3v) is 2.09. The lowest BCUT2D eigenvalue weighted by Gasteiger charge is -2.10. The summed E-state index contributed by atoms with van der Waals surface area (Å²) < 4.78 is 5.38. The molecule has 0 spiro atoms. The van der Waals surface area contributed by atoms with Crippen molar-refractivity contribution in [1.29, 1.82) is 0 Å². The molecule has 0 saturated carbocycles. The van der Waals surface area contributed by atoms with E-state index in [-0.39, 0.29) is 11.6 Å². The van der Waals surface area contributed by atoms with Gasteiger partial charge in [0.05, 0.1) is 5.56 Å². The summed E-state index contributed by atoms with van der Waals surface area (Å²) in [5.74, 6) is -0.296. The van der Waals surface area contributed by atoms with Gasteiger partial charge in [-0.15, -0.1) is 0 Å². The predicted molar refractivity (Wildman–Crippen MR) is 57.2 cm³/mol. The molecule has 82 valence electrons. The molecule has 0 bridgehead atoms. The van der Waals surface area contributed by atoms with Crippen LogP contribution in [-0.2, 0) is 0 Å². The van der Waals surface area contributed by atoms with E-state index in [1.54, 1.807) is 12.1 Å². The molecule has 4 nitrogen and oxygen atoms in total. The smallest absolute Gasteiger partial charge is 0.335 e. The summed E-state index contributed by atoms with van der Waals surface area (Å²) in [5, 5.41) is 8.67. The lowest BCUT2D eigenvalue weighted by Crippen LogP contribution is -2.26. The lowest BCUT2D eigenvalue weighted by molar-refractivity contribution is 0.0697. The van der Waals surface area contributed by atoms with Gasteiger partial charge in [-0.05, 0) is 30.7 Å². The maximum atomic E-state index is 10.6. The van der Waals surface area contributed by atoms with Gasteiger partial charge < -0.3 is 15.6 Å². The van der Waals surface area contributed by atoms with Crippen molar-refractivity contribution in [2.24, 2.45) is 5.73 Å². The molecule has 1 rings (SSSR count). The SMILES string of the molecule is CCC(N)COc1ccc(C(=O)O)cc1. The predicted octanol–water partition coefficient (Wildman–Crippen LogP) is 1.50. The molecule has 1 unspecified atom stereocenters. The van der Waals surface area contributed by atoms with Crippen LogP contribution in [0.5, 0.6) is 5.75 Å². The second-order valence-corrected chi connectivity index (χ2v) is 3.31. The first-order valence-corrected chi connectivity index (χ1v) is 4.85. The van der Waals surface area contributed by atoms with Crippen molar-refractivity contribution in [2.75, 3.05) is 6.61 Å². The van der Waals surface area contributed by atoms with Crippen LogP contribution < -0.4 is 10.5 Å². The molecule has 1 atom stereocenters. The lowest BCUT2D eigenvalue weighted by atomic mass is 10.2. The second-order valence-electron chi connectivity index (χ2n) is 3.31. The van der Waals surface area contributed by atoms with E-state index in [0.717, 1.165) is 6.42 Å². The monoisotopic (exact) mass is 209 g/mol. The zero-order chi connectivity index (χ0) is 11.3. The molecule has 0 amide bonds. The van der Waals surface area contributed by atoms with Gasteiger partial charge in [0.15, 0.2) is 0 Å². The van der Waals surface area contributed by atoms with Gasteiger partial charge in [-0.2, -0.15) is 0 Å². The van der Waals surface area contributed by atoms with E-state index < -0.39 is 5.97 Å². The zero-order valence-corrected chi connectivity index (χ0v) is 8.64. The van der Waals surface area contributed by atoms with E-state index in [1.807, 2.05) is 6.92 Å². The van der Waals surface area contributed by atoms with Gasteiger partial charge in [-0.25, -0.2) is 4.79 Å². The molecular formula is C11H15NO3. The zero-order valence-electron chi connectivity index (χ0n) is 8.64. The largest absolute Gasteiger partial charge is 0.492 e. The van der Waals surface area contributed by atoms with Gasteiger partial charge in [-0.3, -0.25) is 0 Å².